The van der Waals surface area contributed by atoms with Gasteiger partial charge >= 0.3 is 0 Å². The summed E-state index contributed by atoms with van der Waals surface area (Å²) < 4.78 is 3.56. The van der Waals surface area contributed by atoms with Crippen LogP contribution in [0.4, 0.5) is 5.69 Å². The molecule has 0 radical (unpaired) electrons. The molecule has 1 aromatic heterocycles. The lowest BCUT2D eigenvalue weighted by atomic mass is 10.1. The molecule has 1 aromatic carbocycles. The molecule has 0 unspecified atom stereocenters. The maximum atomic E-state index is 7.26. The van der Waals surface area contributed by atoms with Gasteiger partial charge in [-0.15, -0.1) is 10.2 Å². The van der Waals surface area contributed by atoms with Gasteiger partial charge in [0.05, 0.1) is 6.57 Å². The number of amidine groups is 1. The van der Waals surface area contributed by atoms with Crippen LogP contribution < -0.4 is 5.49 Å². The second-order valence-electron chi connectivity index (χ2n) is 4.99. The Bertz CT molecular complexity index is 968. The van der Waals surface area contributed by atoms with Crippen molar-refractivity contribution in [1.82, 2.24) is 9.36 Å². The van der Waals surface area contributed by atoms with Crippen LogP contribution in [0.25, 0.3) is 4.85 Å². The average molecular weight is 337 g/mol. The van der Waals surface area contributed by atoms with Gasteiger partial charge in [-0.05, 0) is 11.8 Å². The van der Waals surface area contributed by atoms with Gasteiger partial charge in [-0.25, -0.2) is 9.84 Å². The highest BCUT2D eigenvalue weighted by atomic mass is 32.2. The zero-order valence-corrected chi connectivity index (χ0v) is 14.3. The van der Waals surface area contributed by atoms with Gasteiger partial charge in [-0.1, -0.05) is 30.3 Å². The first kappa shape index (κ1) is 16.0. The van der Waals surface area contributed by atoms with Crippen LogP contribution in [-0.2, 0) is 14.1 Å². The summed E-state index contributed by atoms with van der Waals surface area (Å²) in [4.78, 5) is 12.1. The Balaban J connectivity index is 2.09. The minimum Gasteiger partial charge on any atom is -0.306 e. The Morgan fingerprint density at radius 2 is 1.92 bits per heavy atom. The van der Waals surface area contributed by atoms with Crippen LogP contribution >= 0.6 is 11.8 Å². The highest BCUT2D eigenvalue weighted by Gasteiger charge is 2.23. The number of aliphatic imine (C=N–C) groups is 2. The van der Waals surface area contributed by atoms with Crippen molar-refractivity contribution in [2.45, 2.75) is 0 Å². The predicted octanol–water partition coefficient (Wildman–Crippen LogP) is 2.35. The van der Waals surface area contributed by atoms with Crippen molar-refractivity contribution in [3.8, 4) is 0 Å². The van der Waals surface area contributed by atoms with Crippen LogP contribution in [0, 0.1) is 6.57 Å². The van der Waals surface area contributed by atoms with Gasteiger partial charge in [-0.2, -0.15) is 0 Å². The molecule has 0 aliphatic carbocycles. The molecule has 0 bridgehead atoms. The lowest BCUT2D eigenvalue weighted by molar-refractivity contribution is 0.569. The number of rotatable bonds is 2. The fourth-order valence-corrected chi connectivity index (χ4v) is 2.92. The Labute approximate surface area is 143 Å². The molecular formula is C16H15N7S. The van der Waals surface area contributed by atoms with Crippen molar-refractivity contribution in [3.63, 3.8) is 0 Å². The Morgan fingerprint density at radius 1 is 1.17 bits per heavy atom. The maximum absolute atomic E-state index is 7.26. The van der Waals surface area contributed by atoms with Crippen LogP contribution in [0.5, 0.6) is 0 Å². The van der Waals surface area contributed by atoms with Crippen LogP contribution in [-0.4, -0.2) is 32.3 Å². The molecule has 0 atom stereocenters. The molecule has 120 valence electrons. The summed E-state index contributed by atoms with van der Waals surface area (Å²) in [5.74, 6) is 0. The number of benzene rings is 1. The summed E-state index contributed by atoms with van der Waals surface area (Å²) in [6, 6.07) is 9.80. The van der Waals surface area contributed by atoms with E-state index < -0.39 is 0 Å². The van der Waals surface area contributed by atoms with E-state index in [1.807, 2.05) is 44.4 Å². The van der Waals surface area contributed by atoms with Crippen molar-refractivity contribution in [2.24, 2.45) is 34.3 Å². The van der Waals surface area contributed by atoms with Gasteiger partial charge < -0.3 is 4.68 Å². The van der Waals surface area contributed by atoms with E-state index >= 15 is 0 Å². The summed E-state index contributed by atoms with van der Waals surface area (Å²) in [5, 5.41) is 9.94. The van der Waals surface area contributed by atoms with E-state index in [2.05, 4.69) is 25.0 Å². The van der Waals surface area contributed by atoms with Crippen LogP contribution in [0.2, 0.25) is 0 Å². The van der Waals surface area contributed by atoms with Gasteiger partial charge in [0.2, 0.25) is 5.69 Å². The van der Waals surface area contributed by atoms with Crippen molar-refractivity contribution >= 4 is 33.4 Å². The average Bonchev–Trinajstić information content (AvgIpc) is 3.15. The molecule has 0 fully saturated rings. The first-order chi connectivity index (χ1) is 11.6. The van der Waals surface area contributed by atoms with Gasteiger partial charge in [0.1, 0.15) is 5.71 Å². The molecule has 24 heavy (non-hydrogen) atoms. The second-order valence-corrected chi connectivity index (χ2v) is 5.94. The molecule has 1 aliphatic rings. The Kier molecular flexibility index (Phi) is 4.44. The molecule has 0 saturated carbocycles. The third kappa shape index (κ3) is 2.94. The third-order valence-corrected chi connectivity index (χ3v) is 4.44. The normalized spacial score (nSPS) is 18.2. The predicted molar refractivity (Wildman–Crippen MR) is 97.6 cm³/mol. The van der Waals surface area contributed by atoms with Gasteiger partial charge in [-0.3, -0.25) is 9.67 Å². The molecule has 2 aromatic rings. The lowest BCUT2D eigenvalue weighted by Crippen LogP contribution is -2.18. The van der Waals surface area contributed by atoms with Crippen molar-refractivity contribution in [3.05, 3.63) is 59.0 Å². The fourth-order valence-electron chi connectivity index (χ4n) is 2.17. The monoisotopic (exact) mass is 337 g/mol. The molecule has 2 heterocycles. The largest absolute Gasteiger partial charge is 0.306 e. The highest BCUT2D eigenvalue weighted by molar-refractivity contribution is 8.28. The lowest BCUT2D eigenvalue weighted by Gasteiger charge is -2.00. The van der Waals surface area contributed by atoms with Crippen LogP contribution in [0.1, 0.15) is 5.56 Å². The minimum atomic E-state index is 0.454. The number of nitrogens with zero attached hydrogens (tertiary/aromatic N) is 7. The molecule has 0 spiro atoms. The molecule has 0 saturated heterocycles. The van der Waals surface area contributed by atoms with Gasteiger partial charge in [0, 0.05) is 32.9 Å². The fraction of sp³-hybridized carbons (Fsp3) is 0.188. The third-order valence-electron chi connectivity index (χ3n) is 3.51. The van der Waals surface area contributed by atoms with E-state index in [4.69, 9.17) is 6.57 Å². The van der Waals surface area contributed by atoms with Crippen LogP contribution in [0.15, 0.2) is 56.7 Å². The molecular weight excluding hydrogens is 322 g/mol. The second kappa shape index (κ2) is 6.68. The highest BCUT2D eigenvalue weighted by Crippen LogP contribution is 2.22. The van der Waals surface area contributed by atoms with E-state index in [0.29, 0.717) is 21.4 Å². The van der Waals surface area contributed by atoms with Crippen molar-refractivity contribution in [2.75, 3.05) is 7.05 Å². The standard InChI is InChI=1S/C16H15N7S/c1-17-12-10-22(3)23(4)14(12)20-21-15-13(19-16(18-2)24-15)11-8-6-5-7-9-11/h5-10H,2-4H3/b18-16?,20-14+,21-15+. The number of aryl methyl sites for hydroxylation is 1. The van der Waals surface area contributed by atoms with E-state index in [1.54, 1.807) is 22.6 Å². The van der Waals surface area contributed by atoms with Gasteiger partial charge in [0.15, 0.2) is 15.7 Å². The Morgan fingerprint density at radius 3 is 2.58 bits per heavy atom. The summed E-state index contributed by atoms with van der Waals surface area (Å²) >= 11 is 1.37. The number of hydrogen-bond acceptors (Lipinski definition) is 4. The molecule has 3 rings (SSSR count). The number of aromatic nitrogens is 2. The summed E-state index contributed by atoms with van der Waals surface area (Å²) in [5.41, 5.74) is 2.66. The van der Waals surface area contributed by atoms with Gasteiger partial charge in [0.25, 0.3) is 0 Å². The van der Waals surface area contributed by atoms with E-state index in [0.717, 1.165) is 11.3 Å². The first-order valence-electron chi connectivity index (χ1n) is 7.15. The SMILES string of the molecule is [C-]#[N+]c1cn(C)n(C)/c1=N/N=C1/SC(=NC)N=C1c1ccccc1. The van der Waals surface area contributed by atoms with E-state index in [9.17, 15) is 0 Å². The summed E-state index contributed by atoms with van der Waals surface area (Å²) in [6.07, 6.45) is 1.72. The molecule has 0 amide bonds. The quantitative estimate of drug-likeness (QED) is 0.613. The smallest absolute Gasteiger partial charge is 0.249 e. The summed E-state index contributed by atoms with van der Waals surface area (Å²) in [7, 11) is 5.38. The first-order valence-corrected chi connectivity index (χ1v) is 7.96. The van der Waals surface area contributed by atoms with Crippen molar-refractivity contribution in [1.29, 1.82) is 0 Å². The number of hydrogen-bond donors (Lipinski definition) is 0. The molecule has 8 heteroatoms. The van der Waals surface area contributed by atoms with Crippen LogP contribution in [0.3, 0.4) is 0 Å². The molecule has 7 nitrogen and oxygen atoms in total. The molecule has 0 N–H and O–H groups in total. The topological polar surface area (TPSA) is 63.7 Å². The molecule has 1 aliphatic heterocycles. The zero-order chi connectivity index (χ0) is 17.1. The zero-order valence-electron chi connectivity index (χ0n) is 13.5. The van der Waals surface area contributed by atoms with E-state index in [1.165, 1.54) is 11.8 Å². The van der Waals surface area contributed by atoms with E-state index in [-0.39, 0.29) is 0 Å². The minimum absolute atomic E-state index is 0.454. The van der Waals surface area contributed by atoms with Crippen molar-refractivity contribution < 1.29 is 0 Å². The summed E-state index contributed by atoms with van der Waals surface area (Å²) in [6.45, 7) is 7.26. The maximum Gasteiger partial charge on any atom is 0.249 e. The number of thioether (sulfide) groups is 1. The Hall–Kier alpha value is -2.92.